The van der Waals surface area contributed by atoms with Crippen molar-refractivity contribution in [1.29, 1.82) is 0 Å². The number of hydrogen-bond donors (Lipinski definition) is 1. The predicted octanol–water partition coefficient (Wildman–Crippen LogP) is 1.39. The number of rotatable bonds is 4. The van der Waals surface area contributed by atoms with Crippen molar-refractivity contribution in [2.75, 3.05) is 13.2 Å². The molecule has 1 aromatic rings. The Hall–Kier alpha value is -0.800. The van der Waals surface area contributed by atoms with Crippen LogP contribution in [0, 0.1) is 0 Å². The molecule has 0 aromatic carbocycles. The monoisotopic (exact) mass is 194 g/mol. The summed E-state index contributed by atoms with van der Waals surface area (Å²) < 4.78 is 7.58. The van der Waals surface area contributed by atoms with Crippen LogP contribution in [0.4, 0.5) is 0 Å². The fourth-order valence-corrected chi connectivity index (χ4v) is 1.86. The maximum Gasteiger partial charge on any atom is 0.0620 e. The summed E-state index contributed by atoms with van der Waals surface area (Å²) in [4.78, 5) is 0. The lowest BCUT2D eigenvalue weighted by Crippen LogP contribution is -2.29. The van der Waals surface area contributed by atoms with Crippen molar-refractivity contribution < 1.29 is 4.74 Å². The van der Waals surface area contributed by atoms with Gasteiger partial charge in [-0.05, 0) is 25.5 Å². The van der Waals surface area contributed by atoms with Crippen LogP contribution >= 0.6 is 0 Å². The second-order valence-electron chi connectivity index (χ2n) is 3.73. The third-order valence-corrected chi connectivity index (χ3v) is 2.77. The van der Waals surface area contributed by atoms with Gasteiger partial charge in [0.15, 0.2) is 0 Å². The Morgan fingerprint density at radius 1 is 1.64 bits per heavy atom. The molecule has 78 valence electrons. The van der Waals surface area contributed by atoms with Gasteiger partial charge in [-0.2, -0.15) is 0 Å². The summed E-state index contributed by atoms with van der Waals surface area (Å²) in [6.45, 7) is 5.95. The Bertz CT molecular complexity index is 277. The van der Waals surface area contributed by atoms with Crippen molar-refractivity contribution in [2.24, 2.45) is 0 Å². The van der Waals surface area contributed by atoms with Crippen LogP contribution in [-0.2, 0) is 17.8 Å². The van der Waals surface area contributed by atoms with E-state index in [1.165, 1.54) is 5.69 Å². The summed E-state index contributed by atoms with van der Waals surface area (Å²) in [5, 5.41) is 3.51. The molecule has 1 unspecified atom stereocenters. The maximum atomic E-state index is 5.31. The predicted molar refractivity (Wildman–Crippen MR) is 56.2 cm³/mol. The fraction of sp³-hybridized carbons (Fsp3) is 0.636. The molecule has 1 aromatic heterocycles. The zero-order valence-corrected chi connectivity index (χ0v) is 8.70. The number of ether oxygens (including phenoxy) is 1. The fourth-order valence-electron chi connectivity index (χ4n) is 1.86. The third kappa shape index (κ3) is 2.16. The molecule has 2 heterocycles. The van der Waals surface area contributed by atoms with Gasteiger partial charge in [-0.15, -0.1) is 0 Å². The van der Waals surface area contributed by atoms with E-state index in [0.29, 0.717) is 6.04 Å². The summed E-state index contributed by atoms with van der Waals surface area (Å²) in [7, 11) is 0. The molecule has 14 heavy (non-hydrogen) atoms. The highest BCUT2D eigenvalue weighted by Gasteiger charge is 2.14. The molecular weight excluding hydrogens is 176 g/mol. The SMILES string of the molecule is CCn1cccc1CNC1CCOC1. The molecule has 2 rings (SSSR count). The molecule has 3 nitrogen and oxygen atoms in total. The van der Waals surface area contributed by atoms with Crippen LogP contribution in [-0.4, -0.2) is 23.8 Å². The highest BCUT2D eigenvalue weighted by molar-refractivity contribution is 5.06. The molecule has 0 saturated carbocycles. The van der Waals surface area contributed by atoms with Gasteiger partial charge in [-0.1, -0.05) is 0 Å². The minimum atomic E-state index is 0.551. The Balaban J connectivity index is 1.84. The van der Waals surface area contributed by atoms with E-state index in [2.05, 4.69) is 35.1 Å². The topological polar surface area (TPSA) is 26.2 Å². The Morgan fingerprint density at radius 2 is 2.57 bits per heavy atom. The van der Waals surface area contributed by atoms with Gasteiger partial charge in [0.1, 0.15) is 0 Å². The lowest BCUT2D eigenvalue weighted by atomic mass is 10.2. The van der Waals surface area contributed by atoms with Crippen LogP contribution in [0.3, 0.4) is 0 Å². The lowest BCUT2D eigenvalue weighted by Gasteiger charge is -2.11. The molecule has 1 atom stereocenters. The Labute approximate surface area is 85.1 Å². The van der Waals surface area contributed by atoms with E-state index in [0.717, 1.165) is 32.7 Å². The molecule has 1 saturated heterocycles. The van der Waals surface area contributed by atoms with Crippen LogP contribution in [0.1, 0.15) is 19.0 Å². The first-order valence-electron chi connectivity index (χ1n) is 5.35. The summed E-state index contributed by atoms with van der Waals surface area (Å²) in [6, 6.07) is 4.83. The first-order valence-corrected chi connectivity index (χ1v) is 5.35. The molecule has 3 heteroatoms. The van der Waals surface area contributed by atoms with Crippen LogP contribution in [0.2, 0.25) is 0 Å². The molecule has 0 spiro atoms. The van der Waals surface area contributed by atoms with Gasteiger partial charge >= 0.3 is 0 Å². The average molecular weight is 194 g/mol. The highest BCUT2D eigenvalue weighted by Crippen LogP contribution is 2.06. The van der Waals surface area contributed by atoms with E-state index in [4.69, 9.17) is 4.74 Å². The molecule has 1 fully saturated rings. The third-order valence-electron chi connectivity index (χ3n) is 2.77. The molecular formula is C11H18N2O. The summed E-state index contributed by atoms with van der Waals surface area (Å²) >= 11 is 0. The van der Waals surface area contributed by atoms with Crippen molar-refractivity contribution in [3.05, 3.63) is 24.0 Å². The van der Waals surface area contributed by atoms with Crippen LogP contribution in [0.25, 0.3) is 0 Å². The minimum absolute atomic E-state index is 0.551. The largest absolute Gasteiger partial charge is 0.380 e. The maximum absolute atomic E-state index is 5.31. The van der Waals surface area contributed by atoms with E-state index < -0.39 is 0 Å². The highest BCUT2D eigenvalue weighted by atomic mass is 16.5. The van der Waals surface area contributed by atoms with E-state index in [1.807, 2.05) is 0 Å². The van der Waals surface area contributed by atoms with Gasteiger partial charge in [-0.3, -0.25) is 0 Å². The zero-order chi connectivity index (χ0) is 9.80. The molecule has 0 aliphatic carbocycles. The molecule has 0 radical (unpaired) electrons. The van der Waals surface area contributed by atoms with E-state index >= 15 is 0 Å². The Morgan fingerprint density at radius 3 is 3.29 bits per heavy atom. The van der Waals surface area contributed by atoms with Gasteiger partial charge < -0.3 is 14.6 Å². The second kappa shape index (κ2) is 4.62. The first kappa shape index (κ1) is 9.74. The van der Waals surface area contributed by atoms with E-state index in [1.54, 1.807) is 0 Å². The van der Waals surface area contributed by atoms with Gasteiger partial charge in [0.05, 0.1) is 6.61 Å². The number of aryl methyl sites for hydroxylation is 1. The Kier molecular flexibility index (Phi) is 3.22. The van der Waals surface area contributed by atoms with E-state index in [-0.39, 0.29) is 0 Å². The minimum Gasteiger partial charge on any atom is -0.380 e. The zero-order valence-electron chi connectivity index (χ0n) is 8.70. The molecule has 1 aliphatic rings. The first-order chi connectivity index (χ1) is 6.90. The van der Waals surface area contributed by atoms with Crippen LogP contribution < -0.4 is 5.32 Å². The van der Waals surface area contributed by atoms with E-state index in [9.17, 15) is 0 Å². The normalized spacial score (nSPS) is 21.6. The number of nitrogens with zero attached hydrogens (tertiary/aromatic N) is 1. The van der Waals surface area contributed by atoms with Gasteiger partial charge in [0, 0.05) is 37.6 Å². The smallest absolute Gasteiger partial charge is 0.0620 e. The van der Waals surface area contributed by atoms with Crippen molar-refractivity contribution in [2.45, 2.75) is 32.5 Å². The number of nitrogens with one attached hydrogen (secondary N) is 1. The molecule has 1 N–H and O–H groups in total. The number of aromatic nitrogens is 1. The lowest BCUT2D eigenvalue weighted by molar-refractivity contribution is 0.189. The van der Waals surface area contributed by atoms with Gasteiger partial charge in [-0.25, -0.2) is 0 Å². The average Bonchev–Trinajstić information content (AvgIpc) is 2.85. The summed E-state index contributed by atoms with van der Waals surface area (Å²) in [5.41, 5.74) is 1.36. The van der Waals surface area contributed by atoms with Crippen molar-refractivity contribution in [3.63, 3.8) is 0 Å². The van der Waals surface area contributed by atoms with Crippen molar-refractivity contribution in [1.82, 2.24) is 9.88 Å². The summed E-state index contributed by atoms with van der Waals surface area (Å²) in [5.74, 6) is 0. The molecule has 0 amide bonds. The number of hydrogen-bond acceptors (Lipinski definition) is 2. The van der Waals surface area contributed by atoms with Gasteiger partial charge in [0.25, 0.3) is 0 Å². The van der Waals surface area contributed by atoms with Crippen LogP contribution in [0.15, 0.2) is 18.3 Å². The van der Waals surface area contributed by atoms with Crippen molar-refractivity contribution in [3.8, 4) is 0 Å². The van der Waals surface area contributed by atoms with Gasteiger partial charge in [0.2, 0.25) is 0 Å². The molecule has 1 aliphatic heterocycles. The van der Waals surface area contributed by atoms with Crippen LogP contribution in [0.5, 0.6) is 0 Å². The van der Waals surface area contributed by atoms with Crippen molar-refractivity contribution >= 4 is 0 Å². The molecule has 0 bridgehead atoms. The quantitative estimate of drug-likeness (QED) is 0.784. The standard InChI is InChI=1S/C11H18N2O/c1-2-13-6-3-4-11(13)8-12-10-5-7-14-9-10/h3-4,6,10,12H,2,5,7-9H2,1H3. The summed E-state index contributed by atoms with van der Waals surface area (Å²) in [6.07, 6.45) is 3.27. The second-order valence-corrected chi connectivity index (χ2v) is 3.73.